The molecule has 4 heterocycles. The van der Waals surface area contributed by atoms with Crippen LogP contribution >= 0.6 is 0 Å². The molecule has 0 aromatic heterocycles. The number of alkyl halides is 3. The van der Waals surface area contributed by atoms with Crippen molar-refractivity contribution in [3.8, 4) is 0 Å². The van der Waals surface area contributed by atoms with E-state index in [1.807, 2.05) is 0 Å². The predicted molar refractivity (Wildman–Crippen MR) is 207 cm³/mol. The van der Waals surface area contributed by atoms with Crippen LogP contribution in [-0.4, -0.2) is 64.0 Å². The van der Waals surface area contributed by atoms with Crippen molar-refractivity contribution in [2.45, 2.75) is 152 Å². The molecule has 2 amide bonds. The number of hydrogen-bond acceptors (Lipinski definition) is 5. The fraction of sp³-hybridized carbons (Fsp3) is 0.667. The van der Waals surface area contributed by atoms with Gasteiger partial charge in [-0.1, -0.05) is 48.5 Å². The summed E-state index contributed by atoms with van der Waals surface area (Å²) in [7, 11) is 0. The first-order valence-electron chi connectivity index (χ1n) is 21.6. The summed E-state index contributed by atoms with van der Waals surface area (Å²) in [5.74, 6) is -0.771. The summed E-state index contributed by atoms with van der Waals surface area (Å²) in [6.07, 6.45) is 14.6. The van der Waals surface area contributed by atoms with E-state index in [0.717, 1.165) is 56.8 Å². The van der Waals surface area contributed by atoms with Crippen molar-refractivity contribution in [3.63, 3.8) is 0 Å². The number of carbonyl (C=O) groups is 3. The molecule has 6 atom stereocenters. The van der Waals surface area contributed by atoms with E-state index < -0.39 is 12.1 Å². The van der Waals surface area contributed by atoms with E-state index in [0.29, 0.717) is 36.3 Å². The van der Waals surface area contributed by atoms with Gasteiger partial charge < -0.3 is 15.7 Å². The van der Waals surface area contributed by atoms with Gasteiger partial charge in [0.05, 0.1) is 0 Å². The molecule has 5 fully saturated rings. The minimum Gasteiger partial charge on any atom is -0.475 e. The topological polar surface area (TPSA) is 102 Å². The fourth-order valence-corrected chi connectivity index (χ4v) is 11.9. The molecule has 0 radical (unpaired) electrons. The van der Waals surface area contributed by atoms with E-state index in [2.05, 4.69) is 69.0 Å². The Balaban J connectivity index is 0.000000579. The van der Waals surface area contributed by atoms with E-state index in [1.54, 1.807) is 22.3 Å². The molecule has 7 aliphatic rings. The van der Waals surface area contributed by atoms with Crippen LogP contribution in [0.3, 0.4) is 0 Å². The molecular weight excluding hydrogens is 718 g/mol. The van der Waals surface area contributed by atoms with Crippen LogP contribution in [0.4, 0.5) is 13.2 Å². The van der Waals surface area contributed by atoms with Crippen LogP contribution in [0.2, 0.25) is 0 Å². The molecule has 304 valence electrons. The smallest absolute Gasteiger partial charge is 0.475 e. The lowest BCUT2D eigenvalue weighted by atomic mass is 9.83. The van der Waals surface area contributed by atoms with Gasteiger partial charge >= 0.3 is 12.1 Å². The highest BCUT2D eigenvalue weighted by Crippen LogP contribution is 2.54. The molecule has 2 aromatic carbocycles. The zero-order chi connectivity index (χ0) is 39.0. The second-order valence-corrected chi connectivity index (χ2v) is 18.0. The lowest BCUT2D eigenvalue weighted by Crippen LogP contribution is -2.42. The minimum atomic E-state index is -5.08. The van der Waals surface area contributed by atoms with E-state index in [-0.39, 0.29) is 23.7 Å². The van der Waals surface area contributed by atoms with Gasteiger partial charge in [0.2, 0.25) is 11.8 Å². The number of nitrogens with one attached hydrogen (secondary N) is 2. The number of fused-ring (bicyclic) bond motifs is 10. The molecule has 3 N–H and O–H groups in total. The first kappa shape index (κ1) is 39.4. The molecule has 56 heavy (non-hydrogen) atoms. The Bertz CT molecular complexity index is 1550. The lowest BCUT2D eigenvalue weighted by Gasteiger charge is -2.32. The summed E-state index contributed by atoms with van der Waals surface area (Å²) in [5, 5.41) is 14.0. The number of carboxylic acid groups (broad SMARTS) is 1. The molecule has 2 saturated heterocycles. The maximum absolute atomic E-state index is 13.3. The Morgan fingerprint density at radius 1 is 0.554 bits per heavy atom. The largest absolute Gasteiger partial charge is 0.490 e. The maximum atomic E-state index is 13.3. The highest BCUT2D eigenvalue weighted by atomic mass is 19.4. The predicted octanol–water partition coefficient (Wildman–Crippen LogP) is 8.95. The average molecular weight is 777 g/mol. The van der Waals surface area contributed by atoms with Crippen molar-refractivity contribution >= 4 is 17.8 Å². The van der Waals surface area contributed by atoms with E-state index in [1.165, 1.54) is 77.3 Å². The van der Waals surface area contributed by atoms with Gasteiger partial charge in [0.25, 0.3) is 0 Å². The zero-order valence-electron chi connectivity index (χ0n) is 32.5. The number of nitrogens with zero attached hydrogens (tertiary/aromatic N) is 2. The van der Waals surface area contributed by atoms with Crippen LogP contribution < -0.4 is 10.6 Å². The van der Waals surface area contributed by atoms with Crippen molar-refractivity contribution in [3.05, 3.63) is 70.8 Å². The molecule has 4 aliphatic heterocycles. The Kier molecular flexibility index (Phi) is 11.8. The van der Waals surface area contributed by atoms with E-state index in [9.17, 15) is 22.8 Å². The van der Waals surface area contributed by atoms with E-state index >= 15 is 0 Å². The number of hydrogen-bond donors (Lipinski definition) is 3. The van der Waals surface area contributed by atoms with Crippen molar-refractivity contribution < 1.29 is 32.7 Å². The molecule has 3 aliphatic carbocycles. The maximum Gasteiger partial charge on any atom is 0.490 e. The second-order valence-electron chi connectivity index (χ2n) is 18.0. The zero-order valence-corrected chi connectivity index (χ0v) is 32.5. The minimum absolute atomic E-state index is 0.00324. The van der Waals surface area contributed by atoms with Crippen LogP contribution in [0.15, 0.2) is 48.5 Å². The molecule has 11 heteroatoms. The second kappa shape index (κ2) is 16.8. The van der Waals surface area contributed by atoms with Gasteiger partial charge in [-0.3, -0.25) is 19.4 Å². The number of rotatable bonds is 10. The monoisotopic (exact) mass is 776 g/mol. The summed E-state index contributed by atoms with van der Waals surface area (Å²) >= 11 is 0. The third kappa shape index (κ3) is 8.40. The molecule has 4 bridgehead atoms. The Hall–Kier alpha value is -3.44. The van der Waals surface area contributed by atoms with Crippen molar-refractivity contribution in [2.24, 2.45) is 23.7 Å². The number of carboxylic acids is 1. The number of aliphatic carboxylic acids is 1. The summed E-state index contributed by atoms with van der Waals surface area (Å²) in [4.78, 5) is 41.0. The lowest BCUT2D eigenvalue weighted by molar-refractivity contribution is -0.192. The molecule has 9 rings (SSSR count). The summed E-state index contributed by atoms with van der Waals surface area (Å²) < 4.78 is 31.7. The SMILES string of the molecule is O=C(NC1CCC(CCN2[C@@H]3CC[C@H]2c2ccccc23)CC1)C1CCC(C(=O)NC2CCC(CCN3[C@@H]4CC[C@H]3c3ccccc34)CC2)C1.O=C(O)C(F)(F)F. The third-order valence-corrected chi connectivity index (χ3v) is 14.9. The van der Waals surface area contributed by atoms with Gasteiger partial charge in [0.15, 0.2) is 0 Å². The van der Waals surface area contributed by atoms with Crippen LogP contribution in [-0.2, 0) is 14.4 Å². The molecule has 8 nitrogen and oxygen atoms in total. The van der Waals surface area contributed by atoms with Crippen molar-refractivity contribution in [2.75, 3.05) is 13.1 Å². The highest BCUT2D eigenvalue weighted by Gasteiger charge is 2.45. The van der Waals surface area contributed by atoms with Gasteiger partial charge in [-0.25, -0.2) is 4.79 Å². The Morgan fingerprint density at radius 3 is 1.18 bits per heavy atom. The normalized spacial score (nSPS) is 33.3. The average Bonchev–Trinajstić information content (AvgIpc) is 4.04. The van der Waals surface area contributed by atoms with Gasteiger partial charge in [-0.2, -0.15) is 13.2 Å². The number of amides is 2. The first-order valence-corrected chi connectivity index (χ1v) is 21.6. The first-order chi connectivity index (χ1) is 27.0. The highest BCUT2D eigenvalue weighted by molar-refractivity contribution is 5.83. The van der Waals surface area contributed by atoms with Crippen LogP contribution in [0.1, 0.15) is 156 Å². The summed E-state index contributed by atoms with van der Waals surface area (Å²) in [6, 6.07) is 21.4. The van der Waals surface area contributed by atoms with E-state index in [4.69, 9.17) is 9.90 Å². The molecule has 2 aromatic rings. The Morgan fingerprint density at radius 2 is 0.875 bits per heavy atom. The van der Waals surface area contributed by atoms with Gasteiger partial charge in [0, 0.05) is 48.1 Å². The number of halogens is 3. The van der Waals surface area contributed by atoms with Crippen LogP contribution in [0, 0.1) is 23.7 Å². The standard InChI is InChI=1S/C43H58N4O2.C2HF3O2/c48-42(44-32-15-9-28(10-16-32)23-25-46-38-19-20-39(46)35-6-2-1-5-34(35)38)30-13-14-31(27-30)43(49)45-33-17-11-29(12-18-33)24-26-47-40-21-22-41(47)37-8-4-3-7-36(37)40;3-2(4,5)1(6)7/h1-8,28-33,38-41H,9-27H2,(H,44,48)(H,45,49);(H,6,7)/t28?,29?,30?,31?,32?,33?,38-,39+,40-,41+;. The molecule has 2 unspecified atom stereocenters. The Labute approximate surface area is 329 Å². The number of benzene rings is 2. The quantitative estimate of drug-likeness (QED) is 0.223. The van der Waals surface area contributed by atoms with Crippen LogP contribution in [0.25, 0.3) is 0 Å². The van der Waals surface area contributed by atoms with Crippen molar-refractivity contribution in [1.82, 2.24) is 20.4 Å². The van der Waals surface area contributed by atoms with Gasteiger partial charge in [0.1, 0.15) is 0 Å². The van der Waals surface area contributed by atoms with Crippen LogP contribution in [0.5, 0.6) is 0 Å². The van der Waals surface area contributed by atoms with Crippen molar-refractivity contribution in [1.29, 1.82) is 0 Å². The van der Waals surface area contributed by atoms with Gasteiger partial charge in [-0.05, 0) is 156 Å². The van der Waals surface area contributed by atoms with Gasteiger partial charge in [-0.15, -0.1) is 0 Å². The summed E-state index contributed by atoms with van der Waals surface area (Å²) in [6.45, 7) is 2.43. The third-order valence-electron chi connectivity index (χ3n) is 14.9. The molecule has 0 spiro atoms. The molecular formula is C45H59F3N4O4. The number of carbonyl (C=O) groups excluding carboxylic acids is 2. The summed E-state index contributed by atoms with van der Waals surface area (Å²) in [5.41, 5.74) is 6.34. The molecule has 3 saturated carbocycles. The fourth-order valence-electron chi connectivity index (χ4n) is 11.9.